The molecule has 1 aromatic carbocycles. The fraction of sp³-hybridized carbons (Fsp3) is 0.421. The molecule has 0 aliphatic carbocycles. The lowest BCUT2D eigenvalue weighted by Crippen LogP contribution is -2.47. The van der Waals surface area contributed by atoms with E-state index < -0.39 is 0 Å². The summed E-state index contributed by atoms with van der Waals surface area (Å²) in [6.07, 6.45) is 5.15. The van der Waals surface area contributed by atoms with Crippen LogP contribution in [0.4, 0.5) is 10.6 Å². The zero-order chi connectivity index (χ0) is 18.2. The molecule has 0 spiro atoms. The number of nitrogens with zero attached hydrogens (tertiary/aromatic N) is 3. The molecule has 26 heavy (non-hydrogen) atoms. The molecule has 1 amide bonds. The van der Waals surface area contributed by atoms with E-state index in [0.717, 1.165) is 49.6 Å². The Morgan fingerprint density at radius 1 is 1.23 bits per heavy atom. The van der Waals surface area contributed by atoms with Crippen molar-refractivity contribution in [3.63, 3.8) is 0 Å². The van der Waals surface area contributed by atoms with Crippen LogP contribution in [0.2, 0.25) is 0 Å². The molecule has 1 fully saturated rings. The molecule has 7 heteroatoms. The second-order valence-electron chi connectivity index (χ2n) is 6.50. The Bertz CT molecular complexity index is 702. The van der Waals surface area contributed by atoms with E-state index in [1.807, 2.05) is 30.3 Å². The number of likely N-dealkylation sites (tertiary alicyclic amines) is 1. The quantitative estimate of drug-likeness (QED) is 0.821. The van der Waals surface area contributed by atoms with E-state index in [9.17, 15) is 4.79 Å². The summed E-state index contributed by atoms with van der Waals surface area (Å²) in [6, 6.07) is 9.75. The summed E-state index contributed by atoms with van der Waals surface area (Å²) >= 11 is 0. The van der Waals surface area contributed by atoms with E-state index in [1.165, 1.54) is 0 Å². The van der Waals surface area contributed by atoms with E-state index in [0.29, 0.717) is 19.1 Å². The Labute approximate surface area is 153 Å². The number of anilines is 1. The topological polar surface area (TPSA) is 95.0 Å². The molecule has 0 radical (unpaired) electrons. The Balaban J connectivity index is 1.38. The fourth-order valence-corrected chi connectivity index (χ4v) is 2.99. The van der Waals surface area contributed by atoms with Crippen LogP contribution in [-0.2, 0) is 17.9 Å². The fourth-order valence-electron chi connectivity index (χ4n) is 2.99. The first-order valence-electron chi connectivity index (χ1n) is 9.04. The highest BCUT2D eigenvalue weighted by molar-refractivity contribution is 5.67. The SMILES string of the molecule is [NH3+]Cc1cncc(NCC2CCN(C(=O)OCc3ccccc3)CC2)n1. The summed E-state index contributed by atoms with van der Waals surface area (Å²) in [4.78, 5) is 22.6. The lowest BCUT2D eigenvalue weighted by molar-refractivity contribution is -0.387. The monoisotopic (exact) mass is 356 g/mol. The average Bonchev–Trinajstić information content (AvgIpc) is 2.72. The number of hydrogen-bond donors (Lipinski definition) is 2. The highest BCUT2D eigenvalue weighted by Gasteiger charge is 2.23. The Morgan fingerprint density at radius 2 is 2.00 bits per heavy atom. The molecule has 2 aromatic rings. The summed E-state index contributed by atoms with van der Waals surface area (Å²) in [6.45, 7) is 3.24. The third-order valence-electron chi connectivity index (χ3n) is 4.59. The van der Waals surface area contributed by atoms with Crippen molar-refractivity contribution in [2.45, 2.75) is 26.0 Å². The summed E-state index contributed by atoms with van der Waals surface area (Å²) in [7, 11) is 0. The van der Waals surface area contributed by atoms with Crippen molar-refractivity contribution in [2.24, 2.45) is 5.92 Å². The van der Waals surface area contributed by atoms with Crippen LogP contribution < -0.4 is 11.1 Å². The van der Waals surface area contributed by atoms with Crippen LogP contribution in [0.5, 0.6) is 0 Å². The van der Waals surface area contributed by atoms with Gasteiger partial charge in [0.25, 0.3) is 0 Å². The number of carbonyl (C=O) groups excluding carboxylic acids is 1. The molecule has 1 aliphatic rings. The number of nitrogens with one attached hydrogen (secondary N) is 1. The molecule has 0 saturated carbocycles. The van der Waals surface area contributed by atoms with Crippen LogP contribution in [-0.4, -0.2) is 40.6 Å². The lowest BCUT2D eigenvalue weighted by atomic mass is 9.97. The summed E-state index contributed by atoms with van der Waals surface area (Å²) in [5, 5.41) is 3.34. The zero-order valence-corrected chi connectivity index (χ0v) is 14.9. The minimum Gasteiger partial charge on any atom is -0.445 e. The number of quaternary nitrogens is 1. The molecular weight excluding hydrogens is 330 g/mol. The lowest BCUT2D eigenvalue weighted by Gasteiger charge is -2.31. The summed E-state index contributed by atoms with van der Waals surface area (Å²) < 4.78 is 5.40. The largest absolute Gasteiger partial charge is 0.445 e. The van der Waals surface area contributed by atoms with E-state index in [-0.39, 0.29) is 6.09 Å². The first-order chi connectivity index (χ1) is 12.7. The van der Waals surface area contributed by atoms with Crippen molar-refractivity contribution < 1.29 is 15.3 Å². The number of carbonyl (C=O) groups is 1. The van der Waals surface area contributed by atoms with Gasteiger partial charge in [-0.3, -0.25) is 4.98 Å². The van der Waals surface area contributed by atoms with Gasteiger partial charge >= 0.3 is 6.09 Å². The van der Waals surface area contributed by atoms with Gasteiger partial charge in [-0.25, -0.2) is 9.78 Å². The summed E-state index contributed by atoms with van der Waals surface area (Å²) in [5.41, 5.74) is 5.71. The van der Waals surface area contributed by atoms with Gasteiger partial charge in [0.05, 0.1) is 12.4 Å². The molecule has 3 rings (SSSR count). The van der Waals surface area contributed by atoms with Gasteiger partial charge in [-0.15, -0.1) is 0 Å². The highest BCUT2D eigenvalue weighted by Crippen LogP contribution is 2.19. The molecule has 0 unspecified atom stereocenters. The first-order valence-corrected chi connectivity index (χ1v) is 9.04. The number of benzene rings is 1. The van der Waals surface area contributed by atoms with Gasteiger partial charge in [0.15, 0.2) is 0 Å². The molecule has 1 aromatic heterocycles. The van der Waals surface area contributed by atoms with Gasteiger partial charge in [-0.1, -0.05) is 30.3 Å². The predicted molar refractivity (Wildman–Crippen MR) is 98.0 cm³/mol. The number of amides is 1. The van der Waals surface area contributed by atoms with Crippen molar-refractivity contribution in [1.82, 2.24) is 14.9 Å². The van der Waals surface area contributed by atoms with Gasteiger partial charge in [-0.2, -0.15) is 0 Å². The molecular formula is C19H26N5O2+. The third-order valence-corrected chi connectivity index (χ3v) is 4.59. The average molecular weight is 356 g/mol. The van der Waals surface area contributed by atoms with Gasteiger partial charge < -0.3 is 20.7 Å². The molecule has 7 nitrogen and oxygen atoms in total. The van der Waals surface area contributed by atoms with E-state index in [4.69, 9.17) is 4.74 Å². The molecule has 1 saturated heterocycles. The van der Waals surface area contributed by atoms with Crippen molar-refractivity contribution in [2.75, 3.05) is 25.0 Å². The third kappa shape index (κ3) is 5.16. The molecule has 0 bridgehead atoms. The van der Waals surface area contributed by atoms with Crippen LogP contribution in [0.25, 0.3) is 0 Å². The van der Waals surface area contributed by atoms with Crippen LogP contribution in [0.15, 0.2) is 42.7 Å². The molecule has 1 aliphatic heterocycles. The minimum absolute atomic E-state index is 0.228. The predicted octanol–water partition coefficient (Wildman–Crippen LogP) is 1.68. The highest BCUT2D eigenvalue weighted by atomic mass is 16.6. The zero-order valence-electron chi connectivity index (χ0n) is 14.9. The second kappa shape index (κ2) is 9.15. The summed E-state index contributed by atoms with van der Waals surface area (Å²) in [5.74, 6) is 1.30. The van der Waals surface area contributed by atoms with Crippen molar-refractivity contribution in [1.29, 1.82) is 0 Å². The van der Waals surface area contributed by atoms with Gasteiger partial charge in [0, 0.05) is 19.6 Å². The Morgan fingerprint density at radius 3 is 2.73 bits per heavy atom. The van der Waals surface area contributed by atoms with Crippen LogP contribution in [0, 0.1) is 5.92 Å². The van der Waals surface area contributed by atoms with E-state index in [1.54, 1.807) is 17.3 Å². The van der Waals surface area contributed by atoms with Crippen molar-refractivity contribution >= 4 is 11.9 Å². The van der Waals surface area contributed by atoms with E-state index >= 15 is 0 Å². The van der Waals surface area contributed by atoms with Gasteiger partial charge in [0.1, 0.15) is 24.7 Å². The van der Waals surface area contributed by atoms with Crippen LogP contribution >= 0.6 is 0 Å². The second-order valence-corrected chi connectivity index (χ2v) is 6.50. The smallest absolute Gasteiger partial charge is 0.410 e. The van der Waals surface area contributed by atoms with E-state index in [2.05, 4.69) is 21.0 Å². The van der Waals surface area contributed by atoms with Gasteiger partial charge in [0.2, 0.25) is 0 Å². The molecule has 2 heterocycles. The first kappa shape index (κ1) is 18.1. The maximum absolute atomic E-state index is 12.2. The number of piperidine rings is 1. The minimum atomic E-state index is -0.228. The van der Waals surface area contributed by atoms with Crippen LogP contribution in [0.1, 0.15) is 24.1 Å². The van der Waals surface area contributed by atoms with Crippen molar-refractivity contribution in [3.05, 3.63) is 54.0 Å². The molecule has 138 valence electrons. The Kier molecular flexibility index (Phi) is 6.38. The number of rotatable bonds is 6. The standard InChI is InChI=1S/C19H25N5O2/c20-10-17-12-21-13-18(23-17)22-11-15-6-8-24(9-7-15)19(25)26-14-16-4-2-1-3-5-16/h1-5,12-13,15H,6-11,14,20H2,(H,22,23)/p+1. The Hall–Kier alpha value is -2.67. The number of ether oxygens (including phenoxy) is 1. The van der Waals surface area contributed by atoms with Crippen molar-refractivity contribution in [3.8, 4) is 0 Å². The maximum Gasteiger partial charge on any atom is 0.410 e. The molecule has 4 N–H and O–H groups in total. The van der Waals surface area contributed by atoms with Gasteiger partial charge in [-0.05, 0) is 24.3 Å². The normalized spacial score (nSPS) is 14.9. The maximum atomic E-state index is 12.2. The van der Waals surface area contributed by atoms with Crippen LogP contribution in [0.3, 0.4) is 0 Å². The number of hydrogen-bond acceptors (Lipinski definition) is 5. The molecule has 0 atom stereocenters. The number of aromatic nitrogens is 2.